The first-order valence-corrected chi connectivity index (χ1v) is 6.38. The van der Waals surface area contributed by atoms with Crippen LogP contribution in [0.3, 0.4) is 0 Å². The number of hydrogen-bond donors (Lipinski definition) is 1. The lowest BCUT2D eigenvalue weighted by molar-refractivity contribution is -0.139. The Bertz CT molecular complexity index is 582. The summed E-state index contributed by atoms with van der Waals surface area (Å²) in [5.74, 6) is -6.24. The predicted octanol–water partition coefficient (Wildman–Crippen LogP) is 3.04. The van der Waals surface area contributed by atoms with Crippen LogP contribution < -0.4 is 4.74 Å². The van der Waals surface area contributed by atoms with E-state index in [0.717, 1.165) is 7.11 Å². The molecule has 0 aliphatic heterocycles. The molecule has 2 rings (SSSR count). The van der Waals surface area contributed by atoms with Crippen molar-refractivity contribution in [3.63, 3.8) is 0 Å². The van der Waals surface area contributed by atoms with Crippen molar-refractivity contribution >= 4 is 5.97 Å². The molecular formula is C12H13F5N2O3. The maximum Gasteiger partial charge on any atom is 0.424 e. The van der Waals surface area contributed by atoms with Crippen molar-refractivity contribution < 1.29 is 36.6 Å². The second-order valence-electron chi connectivity index (χ2n) is 5.18. The number of carboxylic acids is 1. The number of carbonyl (C=O) groups is 1. The quantitative estimate of drug-likeness (QED) is 0.863. The van der Waals surface area contributed by atoms with E-state index in [0.29, 0.717) is 4.68 Å². The Kier molecular flexibility index (Phi) is 4.05. The van der Waals surface area contributed by atoms with Crippen LogP contribution in [0.2, 0.25) is 0 Å². The molecule has 1 aromatic rings. The molecule has 1 saturated carbocycles. The Labute approximate surface area is 121 Å². The number of rotatable bonds is 4. The van der Waals surface area contributed by atoms with E-state index in [1.165, 1.54) is 0 Å². The zero-order chi connectivity index (χ0) is 16.7. The number of nitrogens with zero attached hydrogens (tertiary/aromatic N) is 2. The lowest BCUT2D eigenvalue weighted by Crippen LogP contribution is -2.19. The Hall–Kier alpha value is -1.87. The molecule has 0 bridgehead atoms. The van der Waals surface area contributed by atoms with Gasteiger partial charge in [-0.3, -0.25) is 4.68 Å². The molecule has 5 nitrogen and oxygen atoms in total. The molecule has 0 spiro atoms. The minimum atomic E-state index is -4.98. The lowest BCUT2D eigenvalue weighted by Gasteiger charge is -2.12. The molecule has 1 N–H and O–H groups in total. The first-order valence-electron chi connectivity index (χ1n) is 6.38. The van der Waals surface area contributed by atoms with Crippen LogP contribution in [-0.4, -0.2) is 33.9 Å². The van der Waals surface area contributed by atoms with Gasteiger partial charge in [0.15, 0.2) is 11.3 Å². The minimum Gasteiger partial charge on any atom is -0.479 e. The Morgan fingerprint density at radius 2 is 2.14 bits per heavy atom. The normalized spacial score (nSPS) is 21.1. The molecule has 1 atom stereocenters. The standard InChI is InChI=1S/C12H13F5N2O3/c1-22-9-7(12(15,16)17)8(10(20)21)19(18-9)5-6-2-3-11(13,14)4-6/h6H,2-5H2,1H3,(H,20,21). The van der Waals surface area contributed by atoms with Crippen molar-refractivity contribution in [3.05, 3.63) is 11.3 Å². The zero-order valence-corrected chi connectivity index (χ0v) is 11.5. The Morgan fingerprint density at radius 3 is 2.55 bits per heavy atom. The molecule has 1 aliphatic rings. The predicted molar refractivity (Wildman–Crippen MR) is 63.0 cm³/mol. The fourth-order valence-electron chi connectivity index (χ4n) is 2.63. The fourth-order valence-corrected chi connectivity index (χ4v) is 2.63. The Morgan fingerprint density at radius 1 is 1.50 bits per heavy atom. The van der Waals surface area contributed by atoms with Gasteiger partial charge in [0.1, 0.15) is 0 Å². The largest absolute Gasteiger partial charge is 0.479 e. The van der Waals surface area contributed by atoms with E-state index in [9.17, 15) is 26.7 Å². The summed E-state index contributed by atoms with van der Waals surface area (Å²) in [7, 11) is 0.928. The second-order valence-corrected chi connectivity index (χ2v) is 5.18. The van der Waals surface area contributed by atoms with Crippen LogP contribution in [0.15, 0.2) is 0 Å². The molecule has 1 fully saturated rings. The third kappa shape index (κ3) is 3.14. The van der Waals surface area contributed by atoms with Gasteiger partial charge in [0, 0.05) is 19.4 Å². The van der Waals surface area contributed by atoms with Crippen molar-refractivity contribution in [1.29, 1.82) is 0 Å². The smallest absolute Gasteiger partial charge is 0.424 e. The van der Waals surface area contributed by atoms with Gasteiger partial charge in [0.05, 0.1) is 7.11 Å². The van der Waals surface area contributed by atoms with Crippen molar-refractivity contribution in [2.24, 2.45) is 5.92 Å². The van der Waals surface area contributed by atoms with Gasteiger partial charge in [0.2, 0.25) is 11.8 Å². The number of methoxy groups -OCH3 is 1. The van der Waals surface area contributed by atoms with Gasteiger partial charge in [-0.15, -0.1) is 5.10 Å². The lowest BCUT2D eigenvalue weighted by atomic mass is 10.1. The maximum atomic E-state index is 13.1. The van der Waals surface area contributed by atoms with E-state index in [-0.39, 0.29) is 19.4 Å². The summed E-state index contributed by atoms with van der Waals surface area (Å²) in [5, 5.41) is 12.5. The highest BCUT2D eigenvalue weighted by Gasteiger charge is 2.45. The van der Waals surface area contributed by atoms with Gasteiger partial charge >= 0.3 is 12.1 Å². The molecule has 1 aliphatic carbocycles. The van der Waals surface area contributed by atoms with Crippen LogP contribution in [0.5, 0.6) is 5.88 Å². The SMILES string of the molecule is COc1nn(CC2CCC(F)(F)C2)c(C(=O)O)c1C(F)(F)F. The molecule has 1 unspecified atom stereocenters. The summed E-state index contributed by atoms with van der Waals surface area (Å²) in [6.07, 6.45) is -5.76. The highest BCUT2D eigenvalue weighted by Crippen LogP contribution is 2.42. The van der Waals surface area contributed by atoms with Crippen molar-refractivity contribution in [3.8, 4) is 5.88 Å². The summed E-state index contributed by atoms with van der Waals surface area (Å²) < 4.78 is 70.3. The van der Waals surface area contributed by atoms with Crippen LogP contribution in [0, 0.1) is 5.92 Å². The summed E-state index contributed by atoms with van der Waals surface area (Å²) in [6, 6.07) is 0. The van der Waals surface area contributed by atoms with E-state index in [1.54, 1.807) is 0 Å². The van der Waals surface area contributed by atoms with E-state index < -0.39 is 47.5 Å². The first-order chi connectivity index (χ1) is 10.0. The second kappa shape index (κ2) is 5.40. The number of aromatic nitrogens is 2. The fraction of sp³-hybridized carbons (Fsp3) is 0.667. The molecule has 10 heteroatoms. The third-order valence-electron chi connectivity index (χ3n) is 3.54. The number of ether oxygens (including phenoxy) is 1. The van der Waals surface area contributed by atoms with Crippen LogP contribution >= 0.6 is 0 Å². The maximum absolute atomic E-state index is 13.1. The van der Waals surface area contributed by atoms with Gasteiger partial charge in [-0.2, -0.15) is 13.2 Å². The van der Waals surface area contributed by atoms with E-state index >= 15 is 0 Å². The number of halogens is 5. The molecule has 1 aromatic heterocycles. The van der Waals surface area contributed by atoms with Crippen LogP contribution in [0.25, 0.3) is 0 Å². The molecule has 1 heterocycles. The summed E-state index contributed by atoms with van der Waals surface area (Å²) in [5.41, 5.74) is -2.60. The van der Waals surface area contributed by atoms with E-state index in [1.807, 2.05) is 0 Å². The number of alkyl halides is 5. The number of aromatic carboxylic acids is 1. The highest BCUT2D eigenvalue weighted by atomic mass is 19.4. The molecule has 0 radical (unpaired) electrons. The van der Waals surface area contributed by atoms with Gasteiger partial charge in [-0.05, 0) is 12.3 Å². The average Bonchev–Trinajstić information content (AvgIpc) is 2.89. The highest BCUT2D eigenvalue weighted by molar-refractivity contribution is 5.88. The summed E-state index contributed by atoms with van der Waals surface area (Å²) in [4.78, 5) is 11.2. The first kappa shape index (κ1) is 16.5. The molecule has 22 heavy (non-hydrogen) atoms. The van der Waals surface area contributed by atoms with Crippen molar-refractivity contribution in [2.75, 3.05) is 7.11 Å². The summed E-state index contributed by atoms with van der Waals surface area (Å²) in [6.45, 7) is -0.330. The van der Waals surface area contributed by atoms with E-state index in [2.05, 4.69) is 9.84 Å². The van der Waals surface area contributed by atoms with Crippen LogP contribution in [-0.2, 0) is 12.7 Å². The van der Waals surface area contributed by atoms with Gasteiger partial charge in [0.25, 0.3) is 0 Å². The van der Waals surface area contributed by atoms with Crippen LogP contribution in [0.1, 0.15) is 35.3 Å². The van der Waals surface area contributed by atoms with E-state index in [4.69, 9.17) is 5.11 Å². The average molecular weight is 328 g/mol. The number of carboxylic acid groups (broad SMARTS) is 1. The molecule has 0 amide bonds. The molecule has 0 aromatic carbocycles. The van der Waals surface area contributed by atoms with Crippen molar-refractivity contribution in [1.82, 2.24) is 9.78 Å². The molecule has 0 saturated heterocycles. The van der Waals surface area contributed by atoms with Gasteiger partial charge in [-0.1, -0.05) is 0 Å². The molecular weight excluding hydrogens is 315 g/mol. The topological polar surface area (TPSA) is 64.4 Å². The third-order valence-corrected chi connectivity index (χ3v) is 3.54. The van der Waals surface area contributed by atoms with Gasteiger partial charge in [-0.25, -0.2) is 13.6 Å². The monoisotopic (exact) mass is 328 g/mol. The summed E-state index contributed by atoms with van der Waals surface area (Å²) >= 11 is 0. The zero-order valence-electron chi connectivity index (χ0n) is 11.5. The molecule has 124 valence electrons. The Balaban J connectivity index is 2.40. The van der Waals surface area contributed by atoms with Crippen molar-refractivity contribution in [2.45, 2.75) is 37.9 Å². The minimum absolute atomic E-state index is 0.0928. The number of hydrogen-bond acceptors (Lipinski definition) is 3. The van der Waals surface area contributed by atoms with Crippen LogP contribution in [0.4, 0.5) is 22.0 Å². The van der Waals surface area contributed by atoms with Gasteiger partial charge < -0.3 is 9.84 Å².